The molecule has 2 aromatic heterocycles. The topological polar surface area (TPSA) is 59.5 Å². The van der Waals surface area contributed by atoms with Crippen LogP contribution in [0.15, 0.2) is 18.3 Å². The number of nitrogens with two attached hydrogens (primary N) is 1. The van der Waals surface area contributed by atoms with Crippen molar-refractivity contribution in [1.82, 2.24) is 19.5 Å². The van der Waals surface area contributed by atoms with Gasteiger partial charge >= 0.3 is 0 Å². The van der Waals surface area contributed by atoms with Crippen molar-refractivity contribution < 1.29 is 0 Å². The third-order valence-electron chi connectivity index (χ3n) is 3.46. The molecule has 1 fully saturated rings. The monoisotopic (exact) mass is 231 g/mol. The Labute approximate surface area is 100 Å². The van der Waals surface area contributed by atoms with E-state index in [4.69, 9.17) is 5.73 Å². The molecule has 0 amide bonds. The van der Waals surface area contributed by atoms with E-state index in [2.05, 4.69) is 22.0 Å². The molecule has 2 N–H and O–H groups in total. The highest BCUT2D eigenvalue weighted by atomic mass is 15.3. The Morgan fingerprint density at radius 2 is 2.35 bits per heavy atom. The highest BCUT2D eigenvalue weighted by Gasteiger charge is 2.26. The number of nitrogens with zero attached hydrogens (tertiary/aromatic N) is 4. The summed E-state index contributed by atoms with van der Waals surface area (Å²) in [5.41, 5.74) is 7.60. The average Bonchev–Trinajstić information content (AvgIpc) is 2.93. The predicted molar refractivity (Wildman–Crippen MR) is 65.5 cm³/mol. The Hall–Kier alpha value is -1.46. The fourth-order valence-corrected chi connectivity index (χ4v) is 2.44. The summed E-state index contributed by atoms with van der Waals surface area (Å²) in [7, 11) is 2.13. The van der Waals surface area contributed by atoms with Gasteiger partial charge in [0.05, 0.1) is 6.04 Å². The van der Waals surface area contributed by atoms with Crippen molar-refractivity contribution in [2.75, 3.05) is 13.6 Å². The Morgan fingerprint density at radius 3 is 3.06 bits per heavy atom. The van der Waals surface area contributed by atoms with Gasteiger partial charge < -0.3 is 5.73 Å². The van der Waals surface area contributed by atoms with Crippen LogP contribution < -0.4 is 5.73 Å². The lowest BCUT2D eigenvalue weighted by molar-refractivity contribution is 0.306. The summed E-state index contributed by atoms with van der Waals surface area (Å²) >= 11 is 0. The van der Waals surface area contributed by atoms with Crippen LogP contribution in [0.3, 0.4) is 0 Å². The minimum absolute atomic E-state index is 0.372. The zero-order valence-corrected chi connectivity index (χ0v) is 10.0. The van der Waals surface area contributed by atoms with Gasteiger partial charge in [0.15, 0.2) is 11.5 Å². The van der Waals surface area contributed by atoms with E-state index in [1.165, 1.54) is 6.42 Å². The molecule has 1 unspecified atom stereocenters. The number of rotatable bonds is 2. The Morgan fingerprint density at radius 1 is 1.47 bits per heavy atom. The second-order valence-corrected chi connectivity index (χ2v) is 4.65. The summed E-state index contributed by atoms with van der Waals surface area (Å²) in [5.74, 6) is 0.930. The zero-order chi connectivity index (χ0) is 11.8. The second kappa shape index (κ2) is 4.09. The number of fused-ring (bicyclic) bond motifs is 1. The molecule has 1 aliphatic rings. The van der Waals surface area contributed by atoms with Crippen LogP contribution in [0.25, 0.3) is 5.65 Å². The van der Waals surface area contributed by atoms with Crippen LogP contribution in [-0.4, -0.2) is 33.1 Å². The van der Waals surface area contributed by atoms with Crippen molar-refractivity contribution in [3.05, 3.63) is 29.7 Å². The molecule has 1 atom stereocenters. The Kier molecular flexibility index (Phi) is 2.57. The van der Waals surface area contributed by atoms with Gasteiger partial charge in [-0.1, -0.05) is 6.07 Å². The molecule has 3 heterocycles. The summed E-state index contributed by atoms with van der Waals surface area (Å²) in [6, 6.07) is 4.36. The molecule has 0 aromatic carbocycles. The maximum absolute atomic E-state index is 5.62. The van der Waals surface area contributed by atoms with Crippen LogP contribution >= 0.6 is 0 Å². The molecule has 2 aromatic rings. The van der Waals surface area contributed by atoms with Gasteiger partial charge in [0, 0.05) is 12.7 Å². The zero-order valence-electron chi connectivity index (χ0n) is 10.0. The molecule has 0 bridgehead atoms. The minimum Gasteiger partial charge on any atom is -0.326 e. The van der Waals surface area contributed by atoms with E-state index >= 15 is 0 Å². The first-order valence-corrected chi connectivity index (χ1v) is 6.03. The number of aromatic nitrogens is 3. The van der Waals surface area contributed by atoms with Gasteiger partial charge in [-0.2, -0.15) is 0 Å². The molecule has 0 saturated carbocycles. The minimum atomic E-state index is 0.372. The van der Waals surface area contributed by atoms with E-state index < -0.39 is 0 Å². The third kappa shape index (κ3) is 1.81. The van der Waals surface area contributed by atoms with Crippen LogP contribution in [0.1, 0.15) is 30.3 Å². The predicted octanol–water partition coefficient (Wildman–Crippen LogP) is 0.955. The first-order chi connectivity index (χ1) is 8.28. The van der Waals surface area contributed by atoms with Crippen molar-refractivity contribution in [2.24, 2.45) is 5.73 Å². The highest BCUT2D eigenvalue weighted by molar-refractivity contribution is 5.39. The van der Waals surface area contributed by atoms with E-state index in [1.54, 1.807) is 0 Å². The van der Waals surface area contributed by atoms with Crippen molar-refractivity contribution in [2.45, 2.75) is 25.4 Å². The number of likely N-dealkylation sites (tertiary alicyclic amines) is 1. The standard InChI is InChI=1S/C12H17N5/c1-16-6-2-3-10(16)12-14-11-5-4-9(7-13)8-17(11)15-12/h4-5,8,10H,2-3,6-7,13H2,1H3. The fourth-order valence-electron chi connectivity index (χ4n) is 2.44. The van der Waals surface area contributed by atoms with E-state index in [-0.39, 0.29) is 0 Å². The SMILES string of the molecule is CN1CCCC1c1nc2ccc(CN)cn2n1. The summed E-state index contributed by atoms with van der Waals surface area (Å²) in [6.07, 6.45) is 4.34. The van der Waals surface area contributed by atoms with E-state index in [9.17, 15) is 0 Å². The molecular formula is C12H17N5. The van der Waals surface area contributed by atoms with Crippen LogP contribution in [0.4, 0.5) is 0 Å². The third-order valence-corrected chi connectivity index (χ3v) is 3.46. The maximum Gasteiger partial charge on any atom is 0.168 e. The van der Waals surface area contributed by atoms with Crippen LogP contribution in [-0.2, 0) is 6.54 Å². The van der Waals surface area contributed by atoms with E-state index in [1.807, 2.05) is 22.8 Å². The quantitative estimate of drug-likeness (QED) is 0.836. The smallest absolute Gasteiger partial charge is 0.168 e. The van der Waals surface area contributed by atoms with Crippen LogP contribution in [0, 0.1) is 0 Å². The molecule has 5 heteroatoms. The van der Waals surface area contributed by atoms with Gasteiger partial charge in [-0.05, 0) is 38.1 Å². The van der Waals surface area contributed by atoms with Crippen molar-refractivity contribution >= 4 is 5.65 Å². The molecule has 0 aliphatic carbocycles. The van der Waals surface area contributed by atoms with E-state index in [0.29, 0.717) is 12.6 Å². The van der Waals surface area contributed by atoms with Gasteiger partial charge in [-0.3, -0.25) is 4.90 Å². The average molecular weight is 231 g/mol. The number of hydrogen-bond acceptors (Lipinski definition) is 4. The Bertz CT molecular complexity index is 533. The molecule has 1 aliphatic heterocycles. The fraction of sp³-hybridized carbons (Fsp3) is 0.500. The normalized spacial score (nSPS) is 21.4. The molecule has 0 spiro atoms. The maximum atomic E-state index is 5.62. The summed E-state index contributed by atoms with van der Waals surface area (Å²) in [4.78, 5) is 6.91. The lowest BCUT2D eigenvalue weighted by Gasteiger charge is -2.15. The highest BCUT2D eigenvalue weighted by Crippen LogP contribution is 2.28. The van der Waals surface area contributed by atoms with Crippen molar-refractivity contribution in [1.29, 1.82) is 0 Å². The summed E-state index contributed by atoms with van der Waals surface area (Å²) in [6.45, 7) is 1.67. The van der Waals surface area contributed by atoms with Gasteiger partial charge in [-0.15, -0.1) is 5.10 Å². The molecule has 90 valence electrons. The van der Waals surface area contributed by atoms with Crippen LogP contribution in [0.2, 0.25) is 0 Å². The molecule has 17 heavy (non-hydrogen) atoms. The molecule has 1 saturated heterocycles. The molecule has 5 nitrogen and oxygen atoms in total. The van der Waals surface area contributed by atoms with Crippen molar-refractivity contribution in [3.63, 3.8) is 0 Å². The van der Waals surface area contributed by atoms with Crippen LogP contribution in [0.5, 0.6) is 0 Å². The van der Waals surface area contributed by atoms with Gasteiger partial charge in [-0.25, -0.2) is 9.50 Å². The van der Waals surface area contributed by atoms with Gasteiger partial charge in [0.1, 0.15) is 0 Å². The molecule has 0 radical (unpaired) electrons. The molecule has 3 rings (SSSR count). The first-order valence-electron chi connectivity index (χ1n) is 6.03. The Balaban J connectivity index is 2.01. The second-order valence-electron chi connectivity index (χ2n) is 4.65. The lowest BCUT2D eigenvalue weighted by atomic mass is 10.2. The van der Waals surface area contributed by atoms with Crippen molar-refractivity contribution in [3.8, 4) is 0 Å². The number of hydrogen-bond donors (Lipinski definition) is 1. The summed E-state index contributed by atoms with van der Waals surface area (Å²) < 4.78 is 1.84. The van der Waals surface area contributed by atoms with E-state index in [0.717, 1.165) is 30.0 Å². The largest absolute Gasteiger partial charge is 0.326 e. The van der Waals surface area contributed by atoms with Gasteiger partial charge in [0.2, 0.25) is 0 Å². The molecular weight excluding hydrogens is 214 g/mol. The first kappa shape index (κ1) is 10.7. The lowest BCUT2D eigenvalue weighted by Crippen LogP contribution is -2.18. The number of pyridine rings is 1. The summed E-state index contributed by atoms with van der Waals surface area (Å²) in [5, 5.41) is 4.56. The van der Waals surface area contributed by atoms with Gasteiger partial charge in [0.25, 0.3) is 0 Å².